The first kappa shape index (κ1) is 18.3. The highest BCUT2D eigenvalue weighted by atomic mass is 32.2. The summed E-state index contributed by atoms with van der Waals surface area (Å²) in [6, 6.07) is 1.49. The zero-order valence-electron chi connectivity index (χ0n) is 14.2. The minimum atomic E-state index is -3.75. The average Bonchev–Trinajstić information content (AvgIpc) is 3.01. The van der Waals surface area contributed by atoms with Crippen molar-refractivity contribution in [2.24, 2.45) is 5.14 Å². The van der Waals surface area contributed by atoms with Crippen LogP contribution in [0.4, 0.5) is 8.78 Å². The number of hydrogen-bond acceptors (Lipinski definition) is 3. The molecule has 1 saturated carbocycles. The molecule has 138 valence electrons. The summed E-state index contributed by atoms with van der Waals surface area (Å²) in [7, 11) is -3.75. The lowest BCUT2D eigenvalue weighted by Gasteiger charge is -2.27. The van der Waals surface area contributed by atoms with Gasteiger partial charge < -0.3 is 0 Å². The predicted molar refractivity (Wildman–Crippen MR) is 92.6 cm³/mol. The van der Waals surface area contributed by atoms with Crippen molar-refractivity contribution in [3.8, 4) is 0 Å². The normalized spacial score (nSPS) is 25.4. The van der Waals surface area contributed by atoms with Crippen LogP contribution in [0.15, 0.2) is 24.3 Å². The standard InChI is InChI=1S/C17H23F2N3O2S/c1-17(25(20,23)24)9-7-13(8-10-17)22-15(11-14(21-22)16(18)19)12-5-3-2-4-6-12/h7-9,11-12,16H,2-6,10H2,1H3,(H2,20,23,24). The second-order valence-corrected chi connectivity index (χ2v) is 9.09. The lowest BCUT2D eigenvalue weighted by Crippen LogP contribution is -2.39. The number of nitrogens with zero attached hydrogens (tertiary/aromatic N) is 2. The van der Waals surface area contributed by atoms with Crippen LogP contribution in [-0.2, 0) is 10.0 Å². The van der Waals surface area contributed by atoms with Crippen molar-refractivity contribution in [1.82, 2.24) is 9.78 Å². The van der Waals surface area contributed by atoms with E-state index in [4.69, 9.17) is 5.14 Å². The number of hydrogen-bond donors (Lipinski definition) is 1. The van der Waals surface area contributed by atoms with Crippen molar-refractivity contribution in [2.75, 3.05) is 0 Å². The number of halogens is 2. The minimum absolute atomic E-state index is 0.186. The molecule has 1 aromatic rings. The zero-order valence-corrected chi connectivity index (χ0v) is 15.0. The lowest BCUT2D eigenvalue weighted by molar-refractivity contribution is 0.145. The highest BCUT2D eigenvalue weighted by Crippen LogP contribution is 2.37. The molecule has 0 radical (unpaired) electrons. The molecule has 0 aromatic carbocycles. The summed E-state index contributed by atoms with van der Waals surface area (Å²) in [5.74, 6) is 0.203. The van der Waals surface area contributed by atoms with E-state index in [1.54, 1.807) is 23.8 Å². The van der Waals surface area contributed by atoms with Gasteiger partial charge in [0.2, 0.25) is 10.0 Å². The highest BCUT2D eigenvalue weighted by Gasteiger charge is 2.35. The number of allylic oxidation sites excluding steroid dienone is 3. The van der Waals surface area contributed by atoms with Crippen LogP contribution in [0.25, 0.3) is 5.70 Å². The molecule has 1 heterocycles. The first-order chi connectivity index (χ1) is 11.7. The van der Waals surface area contributed by atoms with Gasteiger partial charge in [-0.05, 0) is 38.3 Å². The van der Waals surface area contributed by atoms with Crippen LogP contribution in [0.3, 0.4) is 0 Å². The third kappa shape index (κ3) is 3.55. The zero-order chi connectivity index (χ0) is 18.2. The second kappa shape index (κ2) is 6.64. The van der Waals surface area contributed by atoms with Gasteiger partial charge in [-0.25, -0.2) is 27.0 Å². The summed E-state index contributed by atoms with van der Waals surface area (Å²) < 4.78 is 50.2. The van der Waals surface area contributed by atoms with Crippen LogP contribution in [0.1, 0.15) is 69.2 Å². The molecule has 0 amide bonds. The summed E-state index contributed by atoms with van der Waals surface area (Å²) in [6.07, 6.45) is 7.64. The third-order valence-corrected chi connectivity index (χ3v) is 6.82. The van der Waals surface area contributed by atoms with Crippen LogP contribution >= 0.6 is 0 Å². The second-order valence-electron chi connectivity index (χ2n) is 7.07. The van der Waals surface area contributed by atoms with E-state index >= 15 is 0 Å². The summed E-state index contributed by atoms with van der Waals surface area (Å²) in [4.78, 5) is 0. The first-order valence-electron chi connectivity index (χ1n) is 8.51. The van der Waals surface area contributed by atoms with Crippen LogP contribution < -0.4 is 5.14 Å². The van der Waals surface area contributed by atoms with Crippen molar-refractivity contribution in [1.29, 1.82) is 0 Å². The van der Waals surface area contributed by atoms with Gasteiger partial charge >= 0.3 is 0 Å². The largest absolute Gasteiger partial charge is 0.282 e. The lowest BCUT2D eigenvalue weighted by atomic mass is 9.86. The van der Waals surface area contributed by atoms with E-state index in [1.165, 1.54) is 18.6 Å². The fraction of sp³-hybridized carbons (Fsp3) is 0.588. The van der Waals surface area contributed by atoms with E-state index in [2.05, 4.69) is 5.10 Å². The molecule has 3 rings (SSSR count). The Morgan fingerprint density at radius 3 is 2.52 bits per heavy atom. The number of primary sulfonamides is 1. The van der Waals surface area contributed by atoms with Crippen molar-refractivity contribution in [3.63, 3.8) is 0 Å². The fourth-order valence-electron chi connectivity index (χ4n) is 3.49. The molecule has 1 fully saturated rings. The fourth-order valence-corrected chi connectivity index (χ4v) is 4.06. The first-order valence-corrected chi connectivity index (χ1v) is 10.1. The van der Waals surface area contributed by atoms with Gasteiger partial charge in [-0.15, -0.1) is 0 Å². The van der Waals surface area contributed by atoms with Crippen LogP contribution in [-0.4, -0.2) is 22.9 Å². The van der Waals surface area contributed by atoms with Gasteiger partial charge in [0.25, 0.3) is 6.43 Å². The van der Waals surface area contributed by atoms with Gasteiger partial charge in [0, 0.05) is 11.6 Å². The maximum absolute atomic E-state index is 13.2. The highest BCUT2D eigenvalue weighted by molar-refractivity contribution is 7.90. The summed E-state index contributed by atoms with van der Waals surface area (Å²) in [6.45, 7) is 1.54. The number of sulfonamides is 1. The van der Waals surface area contributed by atoms with Crippen molar-refractivity contribution < 1.29 is 17.2 Å². The molecule has 2 N–H and O–H groups in total. The van der Waals surface area contributed by atoms with Crippen molar-refractivity contribution in [2.45, 2.75) is 62.5 Å². The van der Waals surface area contributed by atoms with Crippen LogP contribution in [0.2, 0.25) is 0 Å². The number of aromatic nitrogens is 2. The Kier molecular flexibility index (Phi) is 4.85. The molecule has 0 aliphatic heterocycles. The molecule has 2 aliphatic carbocycles. The average molecular weight is 371 g/mol. The van der Waals surface area contributed by atoms with Gasteiger partial charge in [0.15, 0.2) is 0 Å². The molecule has 0 saturated heterocycles. The molecule has 1 atom stereocenters. The SMILES string of the molecule is CC1(S(N)(=O)=O)C=CC(n2nc(C(F)F)cc2C2CCCCC2)=CC1. The summed E-state index contributed by atoms with van der Waals surface area (Å²) in [5, 5.41) is 9.37. The Morgan fingerprint density at radius 1 is 1.32 bits per heavy atom. The number of nitrogens with two attached hydrogens (primary N) is 1. The maximum atomic E-state index is 13.2. The Morgan fingerprint density at radius 2 is 2.00 bits per heavy atom. The molecular formula is C17H23F2N3O2S. The van der Waals surface area contributed by atoms with Gasteiger partial charge in [-0.3, -0.25) is 0 Å². The van der Waals surface area contributed by atoms with Crippen LogP contribution in [0, 0.1) is 0 Å². The van der Waals surface area contributed by atoms with Crippen molar-refractivity contribution >= 4 is 15.7 Å². The van der Waals surface area contributed by atoms with Gasteiger partial charge in [-0.1, -0.05) is 31.4 Å². The van der Waals surface area contributed by atoms with E-state index in [9.17, 15) is 17.2 Å². The van der Waals surface area contributed by atoms with Crippen molar-refractivity contribution in [3.05, 3.63) is 35.7 Å². The predicted octanol–water partition coefficient (Wildman–Crippen LogP) is 3.72. The molecular weight excluding hydrogens is 348 g/mol. The Balaban J connectivity index is 1.96. The van der Waals surface area contributed by atoms with E-state index in [-0.39, 0.29) is 18.0 Å². The molecule has 5 nitrogen and oxygen atoms in total. The molecule has 0 bridgehead atoms. The quantitative estimate of drug-likeness (QED) is 0.876. The molecule has 1 unspecified atom stereocenters. The van der Waals surface area contributed by atoms with E-state index in [0.29, 0.717) is 5.70 Å². The van der Waals surface area contributed by atoms with Crippen LogP contribution in [0.5, 0.6) is 0 Å². The number of alkyl halides is 2. The van der Waals surface area contributed by atoms with E-state index < -0.39 is 21.2 Å². The third-order valence-electron chi connectivity index (χ3n) is 5.22. The Bertz CT molecular complexity index is 808. The van der Waals surface area contributed by atoms with E-state index in [0.717, 1.165) is 31.4 Å². The minimum Gasteiger partial charge on any atom is -0.237 e. The topological polar surface area (TPSA) is 78.0 Å². The van der Waals surface area contributed by atoms with Gasteiger partial charge in [0.1, 0.15) is 10.4 Å². The summed E-state index contributed by atoms with van der Waals surface area (Å²) >= 11 is 0. The Hall–Kier alpha value is -1.54. The number of rotatable bonds is 4. The molecule has 8 heteroatoms. The van der Waals surface area contributed by atoms with E-state index in [1.807, 2.05) is 0 Å². The molecule has 2 aliphatic rings. The molecule has 0 spiro atoms. The van der Waals surface area contributed by atoms with Gasteiger partial charge in [0.05, 0.1) is 5.70 Å². The molecule has 1 aromatic heterocycles. The van der Waals surface area contributed by atoms with Gasteiger partial charge in [-0.2, -0.15) is 5.10 Å². The monoisotopic (exact) mass is 371 g/mol. The Labute approximate surface area is 146 Å². The smallest absolute Gasteiger partial charge is 0.237 e. The maximum Gasteiger partial charge on any atom is 0.282 e. The molecule has 25 heavy (non-hydrogen) atoms. The summed E-state index contributed by atoms with van der Waals surface area (Å²) in [5.41, 5.74) is 1.16.